The van der Waals surface area contributed by atoms with Gasteiger partial charge in [-0.2, -0.15) is 0 Å². The van der Waals surface area contributed by atoms with Crippen molar-refractivity contribution < 1.29 is 23.0 Å². The largest absolute Gasteiger partial charge is 0.497 e. The summed E-state index contributed by atoms with van der Waals surface area (Å²) in [6, 6.07) is 7.28. The first-order chi connectivity index (χ1) is 12.1. The first-order valence-corrected chi connectivity index (χ1v) is 12.4. The van der Waals surface area contributed by atoms with E-state index in [1.807, 2.05) is 0 Å². The van der Waals surface area contributed by atoms with E-state index in [4.69, 9.17) is 9.47 Å². The summed E-state index contributed by atoms with van der Waals surface area (Å²) in [7, 11) is 0.0964. The topological polar surface area (TPSA) is 47.6 Å². The quantitative estimate of drug-likeness (QED) is 0.421. The third-order valence-corrected chi connectivity index (χ3v) is 6.17. The molecule has 26 heavy (non-hydrogen) atoms. The molecule has 0 aromatic heterocycles. The first-order valence-electron chi connectivity index (χ1n) is 8.72. The van der Waals surface area contributed by atoms with E-state index in [2.05, 4.69) is 25.0 Å². The van der Waals surface area contributed by atoms with Crippen LogP contribution in [0.4, 0.5) is 14.5 Å². The molecule has 0 saturated carbocycles. The van der Waals surface area contributed by atoms with Crippen LogP contribution in [0.25, 0.3) is 0 Å². The molecule has 0 fully saturated rings. The molecule has 1 N–H and O–H groups in total. The van der Waals surface area contributed by atoms with Gasteiger partial charge in [0.15, 0.2) is 0 Å². The van der Waals surface area contributed by atoms with Crippen LogP contribution in [0.1, 0.15) is 12.8 Å². The summed E-state index contributed by atoms with van der Waals surface area (Å²) in [5.74, 6) is -3.55. The maximum atomic E-state index is 14.8. The zero-order valence-corrected chi connectivity index (χ0v) is 16.8. The smallest absolute Gasteiger partial charge is 0.338 e. The van der Waals surface area contributed by atoms with Crippen LogP contribution in [0.15, 0.2) is 36.4 Å². The summed E-state index contributed by atoms with van der Waals surface area (Å²) < 4.78 is 40.1. The number of allylic oxidation sites excluding steroid dienone is 1. The molecule has 144 valence electrons. The number of alkyl halides is 2. The van der Waals surface area contributed by atoms with Crippen molar-refractivity contribution in [2.45, 2.75) is 50.0 Å². The summed E-state index contributed by atoms with van der Waals surface area (Å²) in [4.78, 5) is 12.7. The van der Waals surface area contributed by atoms with Gasteiger partial charge in [-0.3, -0.25) is 0 Å². The minimum atomic E-state index is -3.25. The van der Waals surface area contributed by atoms with Crippen molar-refractivity contribution in [3.05, 3.63) is 36.4 Å². The van der Waals surface area contributed by atoms with Gasteiger partial charge in [0.2, 0.25) is 5.54 Å². The van der Waals surface area contributed by atoms with Crippen LogP contribution >= 0.6 is 0 Å². The zero-order valence-electron chi connectivity index (χ0n) is 15.8. The van der Waals surface area contributed by atoms with Crippen LogP contribution in [0, 0.1) is 0 Å². The average Bonchev–Trinajstić information content (AvgIpc) is 2.56. The zero-order chi connectivity index (χ0) is 19.4. The molecule has 2 rings (SSSR count). The van der Waals surface area contributed by atoms with Gasteiger partial charge in [-0.05, 0) is 30.3 Å². The Kier molecular flexibility index (Phi) is 6.11. The number of halogens is 2. The second kappa shape index (κ2) is 7.78. The molecule has 1 aromatic carbocycles. The fraction of sp³-hybridized carbons (Fsp3) is 0.526. The van der Waals surface area contributed by atoms with Gasteiger partial charge >= 0.3 is 5.97 Å². The summed E-state index contributed by atoms with van der Waals surface area (Å²) in [6.07, 6.45) is 2.38. The van der Waals surface area contributed by atoms with E-state index >= 15 is 0 Å². The number of ether oxygens (including phenoxy) is 2. The lowest BCUT2D eigenvalue weighted by Gasteiger charge is -2.40. The second-order valence-corrected chi connectivity index (χ2v) is 13.4. The third kappa shape index (κ3) is 4.63. The predicted molar refractivity (Wildman–Crippen MR) is 102 cm³/mol. The number of carbonyl (C=O) groups is 1. The van der Waals surface area contributed by atoms with Crippen LogP contribution in [0.5, 0.6) is 5.75 Å². The fourth-order valence-electron chi connectivity index (χ4n) is 2.74. The SMILES string of the molecule is COc1ccc(N[C@]2(C(=O)OCC[Si](C)(C)C)CC=CCC2(F)F)cc1. The van der Waals surface area contributed by atoms with Gasteiger partial charge in [0.05, 0.1) is 13.7 Å². The molecule has 0 heterocycles. The van der Waals surface area contributed by atoms with Gasteiger partial charge in [0.25, 0.3) is 5.92 Å². The average molecular weight is 384 g/mol. The Labute approximate surface area is 154 Å². The summed E-state index contributed by atoms with van der Waals surface area (Å²) >= 11 is 0. The monoisotopic (exact) mass is 383 g/mol. The maximum absolute atomic E-state index is 14.8. The van der Waals surface area contributed by atoms with Gasteiger partial charge in [0, 0.05) is 26.6 Å². The molecule has 1 aliphatic carbocycles. The molecule has 0 radical (unpaired) electrons. The molecular weight excluding hydrogens is 356 g/mol. The highest BCUT2D eigenvalue weighted by Crippen LogP contribution is 2.42. The number of methoxy groups -OCH3 is 1. The molecule has 0 spiro atoms. The van der Waals surface area contributed by atoms with Crippen LogP contribution in [0.3, 0.4) is 0 Å². The van der Waals surface area contributed by atoms with Crippen molar-refractivity contribution >= 4 is 19.7 Å². The van der Waals surface area contributed by atoms with Crippen LogP contribution < -0.4 is 10.1 Å². The molecule has 0 amide bonds. The van der Waals surface area contributed by atoms with Gasteiger partial charge in [-0.15, -0.1) is 0 Å². The predicted octanol–water partition coefficient (Wildman–Crippen LogP) is 4.71. The molecule has 1 atom stereocenters. The second-order valence-electron chi connectivity index (χ2n) is 7.79. The number of anilines is 1. The normalized spacial score (nSPS) is 21.9. The third-order valence-electron chi connectivity index (χ3n) is 4.47. The Morgan fingerprint density at radius 3 is 2.31 bits per heavy atom. The number of hydrogen-bond acceptors (Lipinski definition) is 4. The lowest BCUT2D eigenvalue weighted by atomic mass is 9.81. The highest BCUT2D eigenvalue weighted by atomic mass is 28.3. The summed E-state index contributed by atoms with van der Waals surface area (Å²) in [6.45, 7) is 6.60. The lowest BCUT2D eigenvalue weighted by molar-refractivity contribution is -0.165. The first kappa shape index (κ1) is 20.4. The molecule has 0 saturated heterocycles. The molecule has 0 bridgehead atoms. The molecule has 4 nitrogen and oxygen atoms in total. The Bertz CT molecular complexity index is 656. The number of benzene rings is 1. The number of rotatable bonds is 7. The number of carbonyl (C=O) groups excluding carboxylic acids is 1. The van der Waals surface area contributed by atoms with Crippen molar-refractivity contribution in [3.8, 4) is 5.75 Å². The number of hydrogen-bond donors (Lipinski definition) is 1. The summed E-state index contributed by atoms with van der Waals surface area (Å²) in [5, 5.41) is 2.76. The number of nitrogens with one attached hydrogen (secondary N) is 1. The maximum Gasteiger partial charge on any atom is 0.338 e. The van der Waals surface area contributed by atoms with Gasteiger partial charge in [-0.1, -0.05) is 31.8 Å². The Morgan fingerprint density at radius 2 is 1.77 bits per heavy atom. The Hall–Kier alpha value is -1.89. The molecule has 7 heteroatoms. The van der Waals surface area contributed by atoms with Crippen LogP contribution in [-0.4, -0.2) is 39.2 Å². The van der Waals surface area contributed by atoms with E-state index in [1.165, 1.54) is 13.2 Å². The molecule has 0 aliphatic heterocycles. The minimum absolute atomic E-state index is 0.127. The standard InChI is InChI=1S/C19H27F2NO3Si/c1-24-16-9-7-15(8-10-16)22-18(11-5-6-12-19(18,20)21)17(23)25-13-14-26(2,3)4/h5-10,22H,11-14H2,1-4H3/t18-/m0/s1. The molecule has 1 aliphatic rings. The van der Waals surface area contributed by atoms with E-state index in [-0.39, 0.29) is 13.0 Å². The van der Waals surface area contributed by atoms with Gasteiger partial charge < -0.3 is 14.8 Å². The Balaban J connectivity index is 2.24. The fourth-order valence-corrected chi connectivity index (χ4v) is 3.45. The van der Waals surface area contributed by atoms with Gasteiger partial charge in [-0.25, -0.2) is 13.6 Å². The van der Waals surface area contributed by atoms with E-state index in [9.17, 15) is 13.6 Å². The summed E-state index contributed by atoms with van der Waals surface area (Å²) in [5.41, 5.74) is -1.68. The Morgan fingerprint density at radius 1 is 1.15 bits per heavy atom. The van der Waals surface area contributed by atoms with Crippen molar-refractivity contribution in [1.82, 2.24) is 0 Å². The van der Waals surface area contributed by atoms with E-state index in [0.29, 0.717) is 11.4 Å². The van der Waals surface area contributed by atoms with Crippen LogP contribution in [-0.2, 0) is 9.53 Å². The van der Waals surface area contributed by atoms with Crippen molar-refractivity contribution in [1.29, 1.82) is 0 Å². The highest BCUT2D eigenvalue weighted by Gasteiger charge is 2.60. The molecular formula is C19H27F2NO3Si. The lowest BCUT2D eigenvalue weighted by Crippen LogP contribution is -2.61. The van der Waals surface area contributed by atoms with Crippen molar-refractivity contribution in [3.63, 3.8) is 0 Å². The minimum Gasteiger partial charge on any atom is -0.497 e. The number of esters is 1. The molecule has 0 unspecified atom stereocenters. The van der Waals surface area contributed by atoms with E-state index in [0.717, 1.165) is 6.04 Å². The van der Waals surface area contributed by atoms with E-state index in [1.54, 1.807) is 30.3 Å². The van der Waals surface area contributed by atoms with Gasteiger partial charge in [0.1, 0.15) is 5.75 Å². The highest BCUT2D eigenvalue weighted by molar-refractivity contribution is 6.76. The molecule has 1 aromatic rings. The van der Waals surface area contributed by atoms with Crippen molar-refractivity contribution in [2.75, 3.05) is 19.0 Å². The van der Waals surface area contributed by atoms with Crippen molar-refractivity contribution in [2.24, 2.45) is 0 Å². The van der Waals surface area contributed by atoms with E-state index < -0.39 is 31.9 Å². The van der Waals surface area contributed by atoms with Crippen LogP contribution in [0.2, 0.25) is 25.7 Å².